The van der Waals surface area contributed by atoms with Crippen LogP contribution < -0.4 is 10.9 Å². The summed E-state index contributed by atoms with van der Waals surface area (Å²) in [7, 11) is 3.70. The van der Waals surface area contributed by atoms with Gasteiger partial charge in [0.25, 0.3) is 5.56 Å². The summed E-state index contributed by atoms with van der Waals surface area (Å²) in [6.07, 6.45) is 4.21. The van der Waals surface area contributed by atoms with E-state index < -0.39 is 0 Å². The van der Waals surface area contributed by atoms with Gasteiger partial charge < -0.3 is 10.1 Å². The molecule has 7 heteroatoms. The van der Waals surface area contributed by atoms with Gasteiger partial charge >= 0.3 is 0 Å². The summed E-state index contributed by atoms with van der Waals surface area (Å²) in [5, 5.41) is 7.93. The van der Waals surface area contributed by atoms with E-state index in [1.54, 1.807) is 28.8 Å². The quantitative estimate of drug-likeness (QED) is 0.834. The van der Waals surface area contributed by atoms with Crippen molar-refractivity contribution in [2.75, 3.05) is 20.3 Å². The van der Waals surface area contributed by atoms with Crippen LogP contribution in [0, 0.1) is 5.92 Å². The third kappa shape index (κ3) is 2.23. The summed E-state index contributed by atoms with van der Waals surface area (Å²) in [5.74, 6) is 0.441. The zero-order valence-electron chi connectivity index (χ0n) is 11.7. The van der Waals surface area contributed by atoms with Crippen LogP contribution in [0.15, 0.2) is 17.3 Å². The molecule has 0 saturated carbocycles. The van der Waals surface area contributed by atoms with Crippen LogP contribution in [0.4, 0.5) is 0 Å². The highest BCUT2D eigenvalue weighted by molar-refractivity contribution is 5.72. The van der Waals surface area contributed by atoms with Gasteiger partial charge in [0.05, 0.1) is 12.8 Å². The summed E-state index contributed by atoms with van der Waals surface area (Å²) in [5.41, 5.74) is 0.582. The van der Waals surface area contributed by atoms with Gasteiger partial charge in [0.15, 0.2) is 5.65 Å². The first-order valence-electron chi connectivity index (χ1n) is 6.83. The van der Waals surface area contributed by atoms with Crippen molar-refractivity contribution >= 4 is 11.0 Å². The van der Waals surface area contributed by atoms with E-state index in [9.17, 15) is 4.79 Å². The Balaban J connectivity index is 1.89. The van der Waals surface area contributed by atoms with Gasteiger partial charge in [0.2, 0.25) is 0 Å². The van der Waals surface area contributed by atoms with E-state index in [1.165, 1.54) is 0 Å². The molecule has 2 aromatic rings. The lowest BCUT2D eigenvalue weighted by atomic mass is 9.99. The van der Waals surface area contributed by atoms with E-state index in [4.69, 9.17) is 4.74 Å². The highest BCUT2D eigenvalue weighted by Crippen LogP contribution is 2.17. The average molecular weight is 277 g/mol. The fourth-order valence-corrected chi connectivity index (χ4v) is 2.75. The van der Waals surface area contributed by atoms with Crippen LogP contribution in [-0.4, -0.2) is 45.6 Å². The zero-order valence-corrected chi connectivity index (χ0v) is 11.7. The summed E-state index contributed by atoms with van der Waals surface area (Å²) >= 11 is 0. The number of ether oxygens (including phenoxy) is 1. The van der Waals surface area contributed by atoms with Crippen molar-refractivity contribution in [2.24, 2.45) is 13.0 Å². The van der Waals surface area contributed by atoms with Crippen molar-refractivity contribution in [2.45, 2.75) is 19.0 Å². The predicted molar refractivity (Wildman–Crippen MR) is 74.5 cm³/mol. The van der Waals surface area contributed by atoms with Gasteiger partial charge in [-0.1, -0.05) is 0 Å². The topological polar surface area (TPSA) is 74.0 Å². The SMILES string of the molecule is CNC(Cn1cnc2c(cnn2C)c1=O)C1CCOC1. The molecule has 0 aromatic carbocycles. The van der Waals surface area contributed by atoms with E-state index in [2.05, 4.69) is 15.4 Å². The monoisotopic (exact) mass is 277 g/mol. The minimum absolute atomic E-state index is 0.0396. The summed E-state index contributed by atoms with van der Waals surface area (Å²) in [4.78, 5) is 16.7. The molecule has 1 fully saturated rings. The number of nitrogens with zero attached hydrogens (tertiary/aromatic N) is 4. The number of likely N-dealkylation sites (N-methyl/N-ethyl adjacent to an activating group) is 1. The Bertz CT molecular complexity index is 656. The molecule has 2 aromatic heterocycles. The first-order chi connectivity index (χ1) is 9.70. The van der Waals surface area contributed by atoms with Crippen LogP contribution in [0.3, 0.4) is 0 Å². The molecule has 108 valence electrons. The van der Waals surface area contributed by atoms with Crippen molar-refractivity contribution in [1.82, 2.24) is 24.6 Å². The second-order valence-electron chi connectivity index (χ2n) is 5.23. The minimum atomic E-state index is -0.0396. The fourth-order valence-electron chi connectivity index (χ4n) is 2.75. The molecule has 0 aliphatic carbocycles. The minimum Gasteiger partial charge on any atom is -0.381 e. The number of rotatable bonds is 4. The van der Waals surface area contributed by atoms with Gasteiger partial charge in [-0.2, -0.15) is 5.10 Å². The van der Waals surface area contributed by atoms with Crippen LogP contribution in [0.25, 0.3) is 11.0 Å². The molecule has 0 radical (unpaired) electrons. The molecule has 1 aliphatic rings. The molecule has 1 aliphatic heterocycles. The average Bonchev–Trinajstić information content (AvgIpc) is 3.09. The lowest BCUT2D eigenvalue weighted by Gasteiger charge is -2.22. The molecule has 0 bridgehead atoms. The van der Waals surface area contributed by atoms with Crippen molar-refractivity contribution in [1.29, 1.82) is 0 Å². The Morgan fingerprint density at radius 3 is 3.15 bits per heavy atom. The smallest absolute Gasteiger partial charge is 0.264 e. The van der Waals surface area contributed by atoms with Crippen LogP contribution in [0.1, 0.15) is 6.42 Å². The Kier molecular flexibility index (Phi) is 3.54. The standard InChI is InChI=1S/C13H19N5O2/c1-14-11(9-3-4-20-7-9)6-18-8-15-12-10(13(18)19)5-16-17(12)2/h5,8-9,11,14H,3-4,6-7H2,1-2H3. The Morgan fingerprint density at radius 2 is 2.45 bits per heavy atom. The highest BCUT2D eigenvalue weighted by atomic mass is 16.5. The van der Waals surface area contributed by atoms with E-state index in [-0.39, 0.29) is 11.6 Å². The van der Waals surface area contributed by atoms with E-state index in [0.717, 1.165) is 19.6 Å². The molecule has 3 rings (SSSR count). The van der Waals surface area contributed by atoms with E-state index in [0.29, 0.717) is 23.5 Å². The first-order valence-corrected chi connectivity index (χ1v) is 6.83. The lowest BCUT2D eigenvalue weighted by molar-refractivity contribution is 0.174. The van der Waals surface area contributed by atoms with Crippen molar-refractivity contribution < 1.29 is 4.74 Å². The van der Waals surface area contributed by atoms with Gasteiger partial charge in [-0.05, 0) is 13.5 Å². The van der Waals surface area contributed by atoms with Crippen molar-refractivity contribution in [3.05, 3.63) is 22.9 Å². The second-order valence-corrected chi connectivity index (χ2v) is 5.23. The molecule has 7 nitrogen and oxygen atoms in total. The summed E-state index contributed by atoms with van der Waals surface area (Å²) in [6.45, 7) is 2.15. The molecule has 1 N–H and O–H groups in total. The molecule has 1 saturated heterocycles. The maximum atomic E-state index is 12.4. The third-order valence-corrected chi connectivity index (χ3v) is 4.02. The molecule has 20 heavy (non-hydrogen) atoms. The molecular weight excluding hydrogens is 258 g/mol. The Morgan fingerprint density at radius 1 is 1.60 bits per heavy atom. The zero-order chi connectivity index (χ0) is 14.1. The Hall–Kier alpha value is -1.73. The molecule has 3 heterocycles. The van der Waals surface area contributed by atoms with Crippen molar-refractivity contribution in [3.8, 4) is 0 Å². The first kappa shape index (κ1) is 13.3. The largest absolute Gasteiger partial charge is 0.381 e. The van der Waals surface area contributed by atoms with Crippen molar-refractivity contribution in [3.63, 3.8) is 0 Å². The van der Waals surface area contributed by atoms with Gasteiger partial charge in [0, 0.05) is 32.2 Å². The van der Waals surface area contributed by atoms with Gasteiger partial charge in [-0.15, -0.1) is 0 Å². The van der Waals surface area contributed by atoms with Crippen LogP contribution in [0.2, 0.25) is 0 Å². The van der Waals surface area contributed by atoms with Crippen LogP contribution in [-0.2, 0) is 18.3 Å². The summed E-state index contributed by atoms with van der Waals surface area (Å²) < 4.78 is 8.69. The number of hydrogen-bond donors (Lipinski definition) is 1. The Labute approximate surface area is 116 Å². The van der Waals surface area contributed by atoms with E-state index in [1.807, 2.05) is 7.05 Å². The molecule has 0 spiro atoms. The second kappa shape index (κ2) is 5.34. The normalized spacial score (nSPS) is 20.6. The molecule has 0 amide bonds. The van der Waals surface area contributed by atoms with Crippen LogP contribution in [0.5, 0.6) is 0 Å². The maximum absolute atomic E-state index is 12.4. The molecular formula is C13H19N5O2. The van der Waals surface area contributed by atoms with Gasteiger partial charge in [-0.3, -0.25) is 14.0 Å². The van der Waals surface area contributed by atoms with Crippen LogP contribution >= 0.6 is 0 Å². The molecule has 2 unspecified atom stereocenters. The third-order valence-electron chi connectivity index (χ3n) is 4.02. The maximum Gasteiger partial charge on any atom is 0.264 e. The lowest BCUT2D eigenvalue weighted by Crippen LogP contribution is -2.40. The predicted octanol–water partition coefficient (Wildman–Crippen LogP) is -0.246. The fraction of sp³-hybridized carbons (Fsp3) is 0.615. The number of aromatic nitrogens is 4. The highest BCUT2D eigenvalue weighted by Gasteiger charge is 2.25. The number of fused-ring (bicyclic) bond motifs is 1. The van der Waals surface area contributed by atoms with Gasteiger partial charge in [0.1, 0.15) is 11.7 Å². The summed E-state index contributed by atoms with van der Waals surface area (Å²) in [6, 6.07) is 0.214. The number of aryl methyl sites for hydroxylation is 1. The number of hydrogen-bond acceptors (Lipinski definition) is 5. The molecule has 2 atom stereocenters. The number of nitrogens with one attached hydrogen (secondary N) is 1. The van der Waals surface area contributed by atoms with Gasteiger partial charge in [-0.25, -0.2) is 4.98 Å². The van der Waals surface area contributed by atoms with E-state index >= 15 is 0 Å².